The summed E-state index contributed by atoms with van der Waals surface area (Å²) in [6.45, 7) is 13.4. The third kappa shape index (κ3) is 5.23. The molecule has 1 aliphatic carbocycles. The molecule has 2 heterocycles. The minimum atomic E-state index is -1.32. The molecule has 0 spiro atoms. The molecule has 11 nitrogen and oxygen atoms in total. The predicted octanol–water partition coefficient (Wildman–Crippen LogP) is 0.427. The monoisotopic (exact) mass is 493 g/mol. The number of rotatable bonds is 7. The number of nitrogens with zero attached hydrogens (tertiary/aromatic N) is 1. The quantitative estimate of drug-likeness (QED) is 0.344. The molecule has 0 aromatic rings. The summed E-state index contributed by atoms with van der Waals surface area (Å²) in [5, 5.41) is 17.2. The van der Waals surface area contributed by atoms with Crippen LogP contribution in [0.3, 0.4) is 0 Å². The number of nitrogens with two attached hydrogens (primary N) is 1. The van der Waals surface area contributed by atoms with Crippen LogP contribution in [-0.4, -0.2) is 69.9 Å². The van der Waals surface area contributed by atoms with E-state index in [1.165, 1.54) is 4.90 Å². The van der Waals surface area contributed by atoms with Gasteiger partial charge in [-0.05, 0) is 49.4 Å². The van der Waals surface area contributed by atoms with Gasteiger partial charge in [0.1, 0.15) is 18.1 Å². The summed E-state index contributed by atoms with van der Waals surface area (Å²) in [5.74, 6) is -2.45. The highest BCUT2D eigenvalue weighted by atomic mass is 16.4. The number of hydrogen-bond donors (Lipinski definition) is 5. The topological polar surface area (TPSA) is 171 Å². The Bertz CT molecular complexity index is 939. The van der Waals surface area contributed by atoms with Gasteiger partial charge in [-0.1, -0.05) is 34.6 Å². The van der Waals surface area contributed by atoms with Crippen LogP contribution in [0.15, 0.2) is 0 Å². The fourth-order valence-corrected chi connectivity index (χ4v) is 5.92. The van der Waals surface area contributed by atoms with Gasteiger partial charge in [0, 0.05) is 18.0 Å². The molecule has 3 aliphatic rings. The van der Waals surface area contributed by atoms with Gasteiger partial charge >= 0.3 is 6.09 Å². The lowest BCUT2D eigenvalue weighted by atomic mass is 9.85. The van der Waals surface area contributed by atoms with Gasteiger partial charge in [0.15, 0.2) is 0 Å². The number of amides is 5. The standard InChI is InChI=1S/C24H39N5O6/c1-22(2,3)16(27-21(34)35)20(33)29-10-12-14(24(12,6)7)15(29)19(32)26-13(17(25)30)8-11-9-23(4,5)28-18(11)31/h11-16,27H,8-10H2,1-7H3,(H2,25,30)(H,26,32)(H,28,31)(H,34,35)/t11-,12+,13?,14+,15+,16?/m1/s1. The Morgan fingerprint density at radius 3 is 2.23 bits per heavy atom. The van der Waals surface area contributed by atoms with Gasteiger partial charge < -0.3 is 31.7 Å². The van der Waals surface area contributed by atoms with Crippen molar-refractivity contribution >= 4 is 29.7 Å². The van der Waals surface area contributed by atoms with Gasteiger partial charge in [0.2, 0.25) is 23.6 Å². The normalized spacial score (nSPS) is 30.0. The number of carbonyl (C=O) groups is 5. The SMILES string of the molecule is CC1(C)C[C@@H](CC(NC(=O)[C@@H]2[C@@H]3[C@H](CN2C(=O)C(NC(=O)O)C(C)(C)C)C3(C)C)C(N)=O)C(=O)N1. The Morgan fingerprint density at radius 1 is 1.17 bits per heavy atom. The van der Waals surface area contributed by atoms with Crippen LogP contribution in [0.4, 0.5) is 4.79 Å². The molecular formula is C24H39N5O6. The lowest BCUT2D eigenvalue weighted by molar-refractivity contribution is -0.144. The first-order valence-corrected chi connectivity index (χ1v) is 12.1. The lowest BCUT2D eigenvalue weighted by Gasteiger charge is -2.37. The second-order valence-corrected chi connectivity index (χ2v) is 12.6. The number of carboxylic acid groups (broad SMARTS) is 1. The van der Waals surface area contributed by atoms with E-state index in [9.17, 15) is 29.1 Å². The number of piperidine rings is 1. The molecule has 2 saturated heterocycles. The molecular weight excluding hydrogens is 454 g/mol. The molecule has 0 radical (unpaired) electrons. The maximum Gasteiger partial charge on any atom is 0.405 e. The first kappa shape index (κ1) is 26.7. The maximum atomic E-state index is 13.5. The molecule has 3 rings (SSSR count). The van der Waals surface area contributed by atoms with Gasteiger partial charge in [-0.25, -0.2) is 4.79 Å². The van der Waals surface area contributed by atoms with Crippen molar-refractivity contribution in [1.82, 2.24) is 20.9 Å². The van der Waals surface area contributed by atoms with Gasteiger partial charge in [-0.3, -0.25) is 19.2 Å². The zero-order valence-electron chi connectivity index (χ0n) is 21.6. The van der Waals surface area contributed by atoms with Crippen LogP contribution in [0.2, 0.25) is 0 Å². The lowest BCUT2D eigenvalue weighted by Crippen LogP contribution is -2.60. The number of fused-ring (bicyclic) bond motifs is 1. The van der Waals surface area contributed by atoms with Crippen LogP contribution in [0.5, 0.6) is 0 Å². The Morgan fingerprint density at radius 2 is 1.77 bits per heavy atom. The molecule has 3 fully saturated rings. The Hall–Kier alpha value is -2.85. The average molecular weight is 494 g/mol. The van der Waals surface area contributed by atoms with E-state index < -0.39 is 58.8 Å². The Labute approximate surface area is 205 Å². The Balaban J connectivity index is 1.81. The fraction of sp³-hybridized carbons (Fsp3) is 0.792. The van der Waals surface area contributed by atoms with E-state index in [2.05, 4.69) is 16.0 Å². The summed E-state index contributed by atoms with van der Waals surface area (Å²) in [4.78, 5) is 64.4. The van der Waals surface area contributed by atoms with E-state index in [1.54, 1.807) is 20.8 Å². The summed E-state index contributed by atoms with van der Waals surface area (Å²) in [6, 6.07) is -2.98. The van der Waals surface area contributed by atoms with E-state index in [4.69, 9.17) is 5.73 Å². The van der Waals surface area contributed by atoms with Crippen LogP contribution in [0.25, 0.3) is 0 Å². The Kier molecular flexibility index (Phi) is 6.63. The second-order valence-electron chi connectivity index (χ2n) is 12.6. The third-order valence-electron chi connectivity index (χ3n) is 7.91. The summed E-state index contributed by atoms with van der Waals surface area (Å²) < 4.78 is 0. The number of likely N-dealkylation sites (tertiary alicyclic amines) is 1. The molecule has 0 bridgehead atoms. The highest BCUT2D eigenvalue weighted by molar-refractivity contribution is 5.95. The van der Waals surface area contributed by atoms with Gasteiger partial charge in [-0.2, -0.15) is 0 Å². The van der Waals surface area contributed by atoms with Crippen LogP contribution in [0.1, 0.15) is 61.3 Å². The largest absolute Gasteiger partial charge is 0.465 e. The molecule has 0 aromatic heterocycles. The van der Waals surface area contributed by atoms with Gasteiger partial charge in [-0.15, -0.1) is 0 Å². The summed E-state index contributed by atoms with van der Waals surface area (Å²) in [7, 11) is 0. The highest BCUT2D eigenvalue weighted by Crippen LogP contribution is 2.65. The number of nitrogens with one attached hydrogen (secondary N) is 3. The first-order chi connectivity index (χ1) is 15.9. The van der Waals surface area contributed by atoms with E-state index in [1.807, 2.05) is 27.7 Å². The molecule has 2 unspecified atom stereocenters. The molecule has 2 aliphatic heterocycles. The maximum absolute atomic E-state index is 13.5. The van der Waals surface area contributed by atoms with Crippen molar-refractivity contribution in [3.05, 3.63) is 0 Å². The minimum absolute atomic E-state index is 0.0691. The summed E-state index contributed by atoms with van der Waals surface area (Å²) in [5.41, 5.74) is 4.28. The zero-order valence-corrected chi connectivity index (χ0v) is 21.6. The van der Waals surface area contributed by atoms with Crippen LogP contribution in [-0.2, 0) is 19.2 Å². The third-order valence-corrected chi connectivity index (χ3v) is 7.91. The van der Waals surface area contributed by atoms with Crippen molar-refractivity contribution in [1.29, 1.82) is 0 Å². The molecule has 6 N–H and O–H groups in total. The summed E-state index contributed by atoms with van der Waals surface area (Å²) >= 11 is 0. The molecule has 11 heteroatoms. The predicted molar refractivity (Wildman–Crippen MR) is 127 cm³/mol. The van der Waals surface area contributed by atoms with E-state index >= 15 is 0 Å². The fourth-order valence-electron chi connectivity index (χ4n) is 5.92. The summed E-state index contributed by atoms with van der Waals surface area (Å²) in [6.07, 6.45) is -0.749. The van der Waals surface area contributed by atoms with Crippen molar-refractivity contribution in [3.63, 3.8) is 0 Å². The van der Waals surface area contributed by atoms with E-state index in [0.717, 1.165) is 0 Å². The van der Waals surface area contributed by atoms with Crippen molar-refractivity contribution < 1.29 is 29.1 Å². The molecule has 1 saturated carbocycles. The van der Waals surface area contributed by atoms with Crippen LogP contribution in [0, 0.1) is 28.6 Å². The molecule has 35 heavy (non-hydrogen) atoms. The van der Waals surface area contributed by atoms with E-state index in [0.29, 0.717) is 13.0 Å². The van der Waals surface area contributed by atoms with Crippen molar-refractivity contribution in [3.8, 4) is 0 Å². The molecule has 5 amide bonds. The van der Waals surface area contributed by atoms with Crippen molar-refractivity contribution in [2.75, 3.05) is 6.54 Å². The van der Waals surface area contributed by atoms with Gasteiger partial charge in [0.25, 0.3) is 0 Å². The minimum Gasteiger partial charge on any atom is -0.465 e. The average Bonchev–Trinajstić information content (AvgIpc) is 3.00. The highest BCUT2D eigenvalue weighted by Gasteiger charge is 2.69. The zero-order chi connectivity index (χ0) is 26.7. The smallest absolute Gasteiger partial charge is 0.405 e. The molecule has 196 valence electrons. The van der Waals surface area contributed by atoms with E-state index in [-0.39, 0.29) is 29.6 Å². The van der Waals surface area contributed by atoms with Crippen molar-refractivity contribution in [2.24, 2.45) is 34.3 Å². The van der Waals surface area contributed by atoms with Crippen LogP contribution < -0.4 is 21.7 Å². The number of hydrogen-bond acceptors (Lipinski definition) is 5. The van der Waals surface area contributed by atoms with Crippen LogP contribution >= 0.6 is 0 Å². The molecule has 0 aromatic carbocycles. The molecule has 6 atom stereocenters. The van der Waals surface area contributed by atoms with Crippen molar-refractivity contribution in [2.45, 2.75) is 85.0 Å². The number of primary amides is 1. The van der Waals surface area contributed by atoms with Gasteiger partial charge in [0.05, 0.1) is 0 Å². The number of carbonyl (C=O) groups excluding carboxylic acids is 4. The second kappa shape index (κ2) is 8.67. The first-order valence-electron chi connectivity index (χ1n) is 12.1.